The van der Waals surface area contributed by atoms with Crippen LogP contribution in [0, 0.1) is 5.92 Å². The van der Waals surface area contributed by atoms with Gasteiger partial charge in [-0.2, -0.15) is 0 Å². The molecule has 10 heteroatoms. The lowest BCUT2D eigenvalue weighted by molar-refractivity contribution is -0.274. The molecule has 3 N–H and O–H groups in total. The Morgan fingerprint density at radius 3 is 2.21 bits per heavy atom. The Balaban J connectivity index is 2.00. The average molecular weight is 467 g/mol. The number of aliphatic hydroxyl groups excluding tert-OH is 1. The Morgan fingerprint density at radius 1 is 1.09 bits per heavy atom. The Kier molecular flexibility index (Phi) is 7.16. The number of carbonyl (C=O) groups excluding carboxylic acids is 2. The van der Waals surface area contributed by atoms with Gasteiger partial charge in [-0.1, -0.05) is 12.1 Å². The van der Waals surface area contributed by atoms with Gasteiger partial charge in [-0.25, -0.2) is 0 Å². The fourth-order valence-corrected chi connectivity index (χ4v) is 4.05. The summed E-state index contributed by atoms with van der Waals surface area (Å²) in [4.78, 5) is 26.9. The number of halogens is 3. The van der Waals surface area contributed by atoms with Gasteiger partial charge in [-0.05, 0) is 48.9 Å². The highest BCUT2D eigenvalue weighted by Crippen LogP contribution is 2.41. The van der Waals surface area contributed by atoms with E-state index in [9.17, 15) is 38.1 Å². The van der Waals surface area contributed by atoms with Gasteiger partial charge < -0.3 is 25.0 Å². The minimum absolute atomic E-state index is 0.0368. The van der Waals surface area contributed by atoms with Crippen molar-refractivity contribution < 1.29 is 42.8 Å². The number of hydrogen-bond acceptors (Lipinski definition) is 6. The van der Waals surface area contributed by atoms with Crippen LogP contribution in [0.1, 0.15) is 35.7 Å². The van der Waals surface area contributed by atoms with E-state index in [-0.39, 0.29) is 47.1 Å². The van der Waals surface area contributed by atoms with Gasteiger partial charge in [-0.3, -0.25) is 9.59 Å². The molecular formula is C23H24F3NO6. The fourth-order valence-electron chi connectivity index (χ4n) is 4.05. The molecule has 0 aromatic heterocycles. The van der Waals surface area contributed by atoms with Crippen LogP contribution in [-0.4, -0.2) is 58.0 Å². The Bertz CT molecular complexity index is 1030. The maximum atomic E-state index is 13.0. The number of likely N-dealkylation sites (tertiary alicyclic amines) is 1. The van der Waals surface area contributed by atoms with Crippen LogP contribution in [0.2, 0.25) is 0 Å². The molecule has 178 valence electrons. The zero-order chi connectivity index (χ0) is 24.3. The topological polar surface area (TPSA) is 107 Å². The summed E-state index contributed by atoms with van der Waals surface area (Å²) < 4.78 is 41.2. The van der Waals surface area contributed by atoms with E-state index >= 15 is 0 Å². The van der Waals surface area contributed by atoms with Crippen LogP contribution in [-0.2, 0) is 11.2 Å². The van der Waals surface area contributed by atoms with Crippen molar-refractivity contribution in [1.29, 1.82) is 0 Å². The molecule has 1 aliphatic heterocycles. The van der Waals surface area contributed by atoms with Gasteiger partial charge >= 0.3 is 6.36 Å². The number of nitrogens with zero attached hydrogens (tertiary/aromatic N) is 1. The van der Waals surface area contributed by atoms with Crippen molar-refractivity contribution >= 4 is 11.7 Å². The van der Waals surface area contributed by atoms with Crippen molar-refractivity contribution in [3.05, 3.63) is 41.5 Å². The molecule has 1 aliphatic rings. The first-order valence-corrected chi connectivity index (χ1v) is 10.3. The molecule has 0 bridgehead atoms. The maximum Gasteiger partial charge on any atom is 0.573 e. The lowest BCUT2D eigenvalue weighted by Crippen LogP contribution is -2.40. The number of rotatable bonds is 6. The van der Waals surface area contributed by atoms with Gasteiger partial charge in [0.15, 0.2) is 5.78 Å². The SMILES string of the molecule is CC(=O)c1c(O)cc(O)c(-c2ccc(OC(F)(F)F)cc2)c1CC(=O)N1CCC(CO)CC1. The third-order valence-corrected chi connectivity index (χ3v) is 5.67. The third kappa shape index (κ3) is 5.75. The van der Waals surface area contributed by atoms with Crippen LogP contribution in [0.3, 0.4) is 0 Å². The maximum absolute atomic E-state index is 13.0. The van der Waals surface area contributed by atoms with E-state index in [0.29, 0.717) is 25.9 Å². The Hall–Kier alpha value is -3.27. The molecule has 0 spiro atoms. The molecule has 0 atom stereocenters. The molecule has 1 fully saturated rings. The van der Waals surface area contributed by atoms with Crippen LogP contribution in [0.4, 0.5) is 13.2 Å². The van der Waals surface area contributed by atoms with Gasteiger partial charge in [0.2, 0.25) is 5.91 Å². The first-order chi connectivity index (χ1) is 15.5. The zero-order valence-corrected chi connectivity index (χ0v) is 17.9. The normalized spacial score (nSPS) is 14.9. The number of Topliss-reactive ketones (excluding diaryl/α,β-unsaturated/α-hetero) is 1. The van der Waals surface area contributed by atoms with E-state index < -0.39 is 29.4 Å². The number of hydrogen-bond donors (Lipinski definition) is 3. The fraction of sp³-hybridized carbons (Fsp3) is 0.391. The number of alkyl halides is 3. The number of aromatic hydroxyl groups is 2. The molecule has 2 aromatic rings. The van der Waals surface area contributed by atoms with Gasteiger partial charge in [0.25, 0.3) is 0 Å². The van der Waals surface area contributed by atoms with Crippen molar-refractivity contribution in [3.8, 4) is 28.4 Å². The predicted octanol–water partition coefficient (Wildman–Crippen LogP) is 3.64. The largest absolute Gasteiger partial charge is 0.573 e. The summed E-state index contributed by atoms with van der Waals surface area (Å²) in [5, 5.41) is 30.1. The number of piperidine rings is 1. The van der Waals surface area contributed by atoms with Crippen LogP contribution in [0.5, 0.6) is 17.2 Å². The number of phenols is 2. The molecule has 0 unspecified atom stereocenters. The van der Waals surface area contributed by atoms with Crippen LogP contribution in [0.15, 0.2) is 30.3 Å². The second-order valence-electron chi connectivity index (χ2n) is 7.96. The van der Waals surface area contributed by atoms with E-state index in [1.165, 1.54) is 19.1 Å². The lowest BCUT2D eigenvalue weighted by atomic mass is 9.89. The van der Waals surface area contributed by atoms with E-state index in [2.05, 4.69) is 4.74 Å². The van der Waals surface area contributed by atoms with Crippen molar-refractivity contribution in [1.82, 2.24) is 4.90 Å². The molecule has 1 saturated heterocycles. The summed E-state index contributed by atoms with van der Waals surface area (Å²) in [5.41, 5.74) is 0.247. The standard InChI is InChI=1S/C23H24F3NO6/c1-13(29)21-17(10-20(32)27-8-6-14(12-28)7-9-27)22(19(31)11-18(21)30)15-2-4-16(5-3-15)33-23(24,25)26/h2-5,11,14,28,30-31H,6-10,12H2,1H3. The molecule has 7 nitrogen and oxygen atoms in total. The summed E-state index contributed by atoms with van der Waals surface area (Å²) in [5.74, 6) is -2.16. The number of aliphatic hydroxyl groups is 1. The molecule has 0 saturated carbocycles. The summed E-state index contributed by atoms with van der Waals surface area (Å²) >= 11 is 0. The van der Waals surface area contributed by atoms with E-state index in [0.717, 1.165) is 18.2 Å². The van der Waals surface area contributed by atoms with Gasteiger partial charge in [-0.15, -0.1) is 13.2 Å². The quantitative estimate of drug-likeness (QED) is 0.560. The number of amides is 1. The Morgan fingerprint density at radius 2 is 1.70 bits per heavy atom. The first-order valence-electron chi connectivity index (χ1n) is 10.3. The molecule has 2 aromatic carbocycles. The predicted molar refractivity (Wildman–Crippen MR) is 112 cm³/mol. The average Bonchev–Trinajstić information content (AvgIpc) is 2.73. The minimum Gasteiger partial charge on any atom is -0.507 e. The number of benzene rings is 2. The number of ketones is 1. The summed E-state index contributed by atoms with van der Waals surface area (Å²) in [6.45, 7) is 2.08. The zero-order valence-electron chi connectivity index (χ0n) is 17.9. The second-order valence-corrected chi connectivity index (χ2v) is 7.96. The van der Waals surface area contributed by atoms with Crippen molar-refractivity contribution in [2.24, 2.45) is 5.92 Å². The van der Waals surface area contributed by atoms with Crippen molar-refractivity contribution in [2.45, 2.75) is 32.5 Å². The smallest absolute Gasteiger partial charge is 0.507 e. The highest BCUT2D eigenvalue weighted by Gasteiger charge is 2.31. The van der Waals surface area contributed by atoms with Crippen LogP contribution in [0.25, 0.3) is 11.1 Å². The van der Waals surface area contributed by atoms with E-state index in [1.54, 1.807) is 4.90 Å². The summed E-state index contributed by atoms with van der Waals surface area (Å²) in [6, 6.07) is 5.59. The molecule has 1 amide bonds. The highest BCUT2D eigenvalue weighted by atomic mass is 19.4. The van der Waals surface area contributed by atoms with Gasteiger partial charge in [0.05, 0.1) is 12.0 Å². The first kappa shape index (κ1) is 24.4. The summed E-state index contributed by atoms with van der Waals surface area (Å²) in [7, 11) is 0. The molecular weight excluding hydrogens is 443 g/mol. The van der Waals surface area contributed by atoms with E-state index in [4.69, 9.17) is 0 Å². The van der Waals surface area contributed by atoms with Gasteiger partial charge in [0, 0.05) is 31.3 Å². The minimum atomic E-state index is -4.87. The number of phenolic OH excluding ortho intramolecular Hbond substituents is 2. The molecule has 3 rings (SSSR count). The molecule has 1 heterocycles. The van der Waals surface area contributed by atoms with E-state index in [1.807, 2.05) is 0 Å². The lowest BCUT2D eigenvalue weighted by Gasteiger charge is -2.31. The van der Waals surface area contributed by atoms with Crippen LogP contribution < -0.4 is 4.74 Å². The summed E-state index contributed by atoms with van der Waals surface area (Å²) in [6.07, 6.45) is -3.93. The third-order valence-electron chi connectivity index (χ3n) is 5.67. The Labute approximate surface area is 188 Å². The molecule has 0 aliphatic carbocycles. The number of carbonyl (C=O) groups is 2. The highest BCUT2D eigenvalue weighted by molar-refractivity contribution is 6.02. The van der Waals surface area contributed by atoms with Crippen molar-refractivity contribution in [3.63, 3.8) is 0 Å². The number of ether oxygens (including phenoxy) is 1. The monoisotopic (exact) mass is 467 g/mol. The van der Waals surface area contributed by atoms with Gasteiger partial charge in [0.1, 0.15) is 17.2 Å². The molecule has 0 radical (unpaired) electrons. The van der Waals surface area contributed by atoms with Crippen LogP contribution >= 0.6 is 0 Å². The molecule has 33 heavy (non-hydrogen) atoms. The van der Waals surface area contributed by atoms with Crippen molar-refractivity contribution in [2.75, 3.05) is 19.7 Å². The second kappa shape index (κ2) is 9.70.